The topological polar surface area (TPSA) is 60.5 Å². The van der Waals surface area contributed by atoms with Crippen molar-refractivity contribution in [2.45, 2.75) is 51.4 Å². The first-order valence-electron chi connectivity index (χ1n) is 7.80. The van der Waals surface area contributed by atoms with E-state index in [1.807, 2.05) is 0 Å². The summed E-state index contributed by atoms with van der Waals surface area (Å²) in [7, 11) is 0. The average molecular weight is 381 g/mol. The Labute approximate surface area is 148 Å². The number of amides is 1. The van der Waals surface area contributed by atoms with Gasteiger partial charge in [0.05, 0.1) is 6.61 Å². The molecule has 140 valence electrons. The highest BCUT2D eigenvalue weighted by Crippen LogP contribution is 2.33. The van der Waals surface area contributed by atoms with Crippen molar-refractivity contribution < 1.29 is 27.4 Å². The van der Waals surface area contributed by atoms with E-state index in [-0.39, 0.29) is 22.9 Å². The van der Waals surface area contributed by atoms with Crippen LogP contribution in [0.4, 0.5) is 18.0 Å². The minimum absolute atomic E-state index is 0.00431. The molecule has 0 spiro atoms. The number of hydrogen-bond donors (Lipinski definition) is 1. The lowest BCUT2D eigenvalue weighted by molar-refractivity contribution is -0.141. The van der Waals surface area contributed by atoms with Gasteiger partial charge in [-0.05, 0) is 51.7 Å². The number of hydrogen-bond acceptors (Lipinski definition) is 4. The number of alkyl carbamates (subject to hydrolysis) is 1. The normalized spacial score (nSPS) is 20.6. The summed E-state index contributed by atoms with van der Waals surface area (Å²) in [5.41, 5.74) is -1.61. The van der Waals surface area contributed by atoms with Crippen molar-refractivity contribution in [3.63, 3.8) is 0 Å². The lowest BCUT2D eigenvalue weighted by Crippen LogP contribution is -2.47. The maximum absolute atomic E-state index is 12.5. The van der Waals surface area contributed by atoms with Crippen LogP contribution in [0, 0.1) is 5.92 Å². The van der Waals surface area contributed by atoms with Crippen LogP contribution in [0.2, 0.25) is 5.15 Å². The maximum Gasteiger partial charge on any atom is 0.433 e. The molecule has 9 heteroatoms. The molecule has 0 aromatic carbocycles. The molecule has 1 heterocycles. The summed E-state index contributed by atoms with van der Waals surface area (Å²) in [6.45, 7) is 5.64. The fraction of sp³-hybridized carbons (Fsp3) is 0.625. The largest absolute Gasteiger partial charge is 0.490 e. The van der Waals surface area contributed by atoms with Crippen LogP contribution in [0.15, 0.2) is 12.1 Å². The number of carbonyl (C=O) groups is 1. The minimum atomic E-state index is -4.54. The summed E-state index contributed by atoms with van der Waals surface area (Å²) < 4.78 is 48.2. The number of rotatable bonds is 4. The molecule has 1 fully saturated rings. The molecule has 0 radical (unpaired) electrons. The fourth-order valence-corrected chi connectivity index (χ4v) is 2.57. The van der Waals surface area contributed by atoms with Crippen molar-refractivity contribution >= 4 is 17.7 Å². The first-order valence-corrected chi connectivity index (χ1v) is 8.18. The third-order valence-corrected chi connectivity index (χ3v) is 3.81. The highest BCUT2D eigenvalue weighted by Gasteiger charge is 2.34. The molecule has 1 aromatic rings. The van der Waals surface area contributed by atoms with Crippen LogP contribution in [0.3, 0.4) is 0 Å². The van der Waals surface area contributed by atoms with Gasteiger partial charge in [0.2, 0.25) is 0 Å². The second kappa shape index (κ2) is 7.27. The Morgan fingerprint density at radius 1 is 1.32 bits per heavy atom. The van der Waals surface area contributed by atoms with Gasteiger partial charge in [-0.2, -0.15) is 13.2 Å². The minimum Gasteiger partial charge on any atom is -0.490 e. The Morgan fingerprint density at radius 3 is 2.48 bits per heavy atom. The van der Waals surface area contributed by atoms with Gasteiger partial charge >= 0.3 is 12.3 Å². The molecule has 0 atom stereocenters. The second-order valence-electron chi connectivity index (χ2n) is 6.97. The van der Waals surface area contributed by atoms with E-state index in [1.165, 1.54) is 0 Å². The van der Waals surface area contributed by atoms with Crippen LogP contribution in [-0.2, 0) is 10.9 Å². The first-order chi connectivity index (χ1) is 11.4. The number of ether oxygens (including phenoxy) is 2. The molecule has 1 aromatic heterocycles. The summed E-state index contributed by atoms with van der Waals surface area (Å²) in [6, 6.07) is 1.99. The second-order valence-corrected chi connectivity index (χ2v) is 7.33. The summed E-state index contributed by atoms with van der Waals surface area (Å²) >= 11 is 5.73. The first kappa shape index (κ1) is 19.6. The molecule has 0 unspecified atom stereocenters. The van der Waals surface area contributed by atoms with Gasteiger partial charge in [0.25, 0.3) is 0 Å². The highest BCUT2D eigenvalue weighted by molar-refractivity contribution is 6.30. The van der Waals surface area contributed by atoms with Crippen LogP contribution in [0.25, 0.3) is 0 Å². The Hall–Kier alpha value is -1.70. The van der Waals surface area contributed by atoms with E-state index in [0.29, 0.717) is 19.4 Å². The van der Waals surface area contributed by atoms with Crippen molar-refractivity contribution in [1.82, 2.24) is 10.3 Å². The van der Waals surface area contributed by atoms with Crippen LogP contribution in [0.5, 0.6) is 5.75 Å². The summed E-state index contributed by atoms with van der Waals surface area (Å²) in [4.78, 5) is 14.9. The monoisotopic (exact) mass is 380 g/mol. The average Bonchev–Trinajstić information content (AvgIpc) is 2.39. The number of halogens is 4. The highest BCUT2D eigenvalue weighted by atomic mass is 35.5. The summed E-state index contributed by atoms with van der Waals surface area (Å²) in [5, 5.41) is 2.43. The summed E-state index contributed by atoms with van der Waals surface area (Å²) in [5.74, 6) is 0.288. The Morgan fingerprint density at radius 2 is 1.96 bits per heavy atom. The van der Waals surface area contributed by atoms with E-state index >= 15 is 0 Å². The lowest BCUT2D eigenvalue weighted by Gasteiger charge is -2.35. The van der Waals surface area contributed by atoms with Crippen molar-refractivity contribution in [2.75, 3.05) is 6.61 Å². The predicted octanol–water partition coefficient (Wildman–Crippen LogP) is 4.44. The van der Waals surface area contributed by atoms with Crippen LogP contribution in [-0.4, -0.2) is 29.3 Å². The van der Waals surface area contributed by atoms with Crippen molar-refractivity contribution in [2.24, 2.45) is 5.92 Å². The van der Waals surface area contributed by atoms with E-state index in [9.17, 15) is 18.0 Å². The van der Waals surface area contributed by atoms with E-state index in [2.05, 4.69) is 10.3 Å². The number of aromatic nitrogens is 1. The third kappa shape index (κ3) is 5.95. The standard InChI is InChI=1S/C16H20ClF3N2O3/c1-15(2,3)25-14(23)21-10-6-9(7-10)8-24-11-4-5-12(16(18,19)20)22-13(11)17/h4-5,9-10H,6-8H2,1-3H3,(H,21,23)/t9-,10+. The Balaban J connectivity index is 1.75. The van der Waals surface area contributed by atoms with Gasteiger partial charge in [-0.25, -0.2) is 9.78 Å². The number of nitrogens with zero attached hydrogens (tertiary/aromatic N) is 1. The lowest BCUT2D eigenvalue weighted by atomic mass is 9.81. The number of alkyl halides is 3. The predicted molar refractivity (Wildman–Crippen MR) is 85.6 cm³/mol. The fourth-order valence-electron chi connectivity index (χ4n) is 2.36. The zero-order valence-corrected chi connectivity index (χ0v) is 14.9. The van der Waals surface area contributed by atoms with Gasteiger partial charge in [-0.1, -0.05) is 11.6 Å². The molecule has 2 rings (SSSR count). The third-order valence-electron chi connectivity index (χ3n) is 3.54. The van der Waals surface area contributed by atoms with Crippen molar-refractivity contribution in [1.29, 1.82) is 0 Å². The number of nitrogens with one attached hydrogen (secondary N) is 1. The van der Waals surface area contributed by atoms with Crippen molar-refractivity contribution in [3.05, 3.63) is 23.0 Å². The molecule has 0 aliphatic heterocycles. The molecule has 5 nitrogen and oxygen atoms in total. The van der Waals surface area contributed by atoms with Gasteiger partial charge in [-0.15, -0.1) is 0 Å². The molecular weight excluding hydrogens is 361 g/mol. The molecule has 1 aliphatic rings. The Bertz CT molecular complexity index is 626. The Kier molecular flexibility index (Phi) is 5.71. The molecule has 1 N–H and O–H groups in total. The van der Waals surface area contributed by atoms with Crippen LogP contribution < -0.4 is 10.1 Å². The van der Waals surface area contributed by atoms with Gasteiger partial charge in [0.15, 0.2) is 10.9 Å². The molecule has 1 saturated carbocycles. The van der Waals surface area contributed by atoms with E-state index in [1.54, 1.807) is 20.8 Å². The van der Waals surface area contributed by atoms with E-state index < -0.39 is 23.6 Å². The maximum atomic E-state index is 12.5. The zero-order chi connectivity index (χ0) is 18.8. The van der Waals surface area contributed by atoms with E-state index in [4.69, 9.17) is 21.1 Å². The molecule has 25 heavy (non-hydrogen) atoms. The molecular formula is C16H20ClF3N2O3. The molecule has 0 saturated heterocycles. The quantitative estimate of drug-likeness (QED) is 0.785. The zero-order valence-electron chi connectivity index (χ0n) is 14.1. The van der Waals surface area contributed by atoms with Gasteiger partial charge in [0, 0.05) is 6.04 Å². The molecule has 1 aliphatic carbocycles. The number of carbonyl (C=O) groups excluding carboxylic acids is 1. The smallest absolute Gasteiger partial charge is 0.433 e. The van der Waals surface area contributed by atoms with Crippen molar-refractivity contribution in [3.8, 4) is 5.75 Å². The SMILES string of the molecule is CC(C)(C)OC(=O)N[C@H]1C[C@@H](COc2ccc(C(F)(F)F)nc2Cl)C1. The van der Waals surface area contributed by atoms with Gasteiger partial charge < -0.3 is 14.8 Å². The van der Waals surface area contributed by atoms with E-state index in [0.717, 1.165) is 12.1 Å². The van der Waals surface area contributed by atoms with Gasteiger partial charge in [0.1, 0.15) is 11.3 Å². The van der Waals surface area contributed by atoms with Crippen LogP contribution >= 0.6 is 11.6 Å². The molecule has 1 amide bonds. The number of pyridine rings is 1. The molecule has 0 bridgehead atoms. The summed E-state index contributed by atoms with van der Waals surface area (Å²) in [6.07, 6.45) is -3.61. The van der Waals surface area contributed by atoms with Crippen LogP contribution in [0.1, 0.15) is 39.3 Å². The van der Waals surface area contributed by atoms with Gasteiger partial charge in [-0.3, -0.25) is 0 Å².